The molecule has 6 heteroatoms. The molecule has 0 spiro atoms. The van der Waals surface area contributed by atoms with Crippen LogP contribution in [0, 0.1) is 23.7 Å². The molecule has 6 nitrogen and oxygen atoms in total. The van der Waals surface area contributed by atoms with E-state index in [2.05, 4.69) is 67.6 Å². The van der Waals surface area contributed by atoms with Gasteiger partial charge in [0.1, 0.15) is 0 Å². The van der Waals surface area contributed by atoms with E-state index in [0.29, 0.717) is 23.7 Å². The van der Waals surface area contributed by atoms with Crippen molar-refractivity contribution in [2.75, 3.05) is 53.0 Å². The van der Waals surface area contributed by atoms with Gasteiger partial charge in [0.2, 0.25) is 11.8 Å². The summed E-state index contributed by atoms with van der Waals surface area (Å²) < 4.78 is 11.2. The number of piperazine rings is 1. The lowest BCUT2D eigenvalue weighted by Crippen LogP contribution is -2.49. The highest BCUT2D eigenvalue weighted by Gasteiger charge is 2.34. The third kappa shape index (κ3) is 6.62. The Hall–Kier alpha value is -1.24. The second kappa shape index (κ2) is 10.6. The molecule has 1 fully saturated rings. The summed E-state index contributed by atoms with van der Waals surface area (Å²) in [4.78, 5) is 5.19. The zero-order valence-corrected chi connectivity index (χ0v) is 20.9. The summed E-state index contributed by atoms with van der Waals surface area (Å²) in [6, 6.07) is 0. The maximum Gasteiger partial charge on any atom is 0.221 e. The normalized spacial score (nSPS) is 26.5. The summed E-state index contributed by atoms with van der Waals surface area (Å²) in [6.07, 6.45) is 4.64. The molecule has 0 radical (unpaired) electrons. The Morgan fingerprint density at radius 3 is 2.39 bits per heavy atom. The van der Waals surface area contributed by atoms with Crippen molar-refractivity contribution >= 4 is 0 Å². The Morgan fingerprint density at radius 2 is 1.81 bits per heavy atom. The third-order valence-electron chi connectivity index (χ3n) is 7.16. The number of rotatable bonds is 8. The van der Waals surface area contributed by atoms with Crippen molar-refractivity contribution in [1.82, 2.24) is 20.0 Å². The molecule has 0 N–H and O–H groups in total. The SMILES string of the molecule is COCCN1CCN(CC2C=C(C)C(Cc3nnc(C(C)(C)C)o3)CC2C(C)C)CC1. The van der Waals surface area contributed by atoms with E-state index in [-0.39, 0.29) is 5.41 Å². The van der Waals surface area contributed by atoms with Crippen molar-refractivity contribution in [2.45, 2.75) is 59.8 Å². The fraction of sp³-hybridized carbons (Fsp3) is 0.840. The van der Waals surface area contributed by atoms with Gasteiger partial charge in [0.15, 0.2) is 0 Å². The molecule has 0 bridgehead atoms. The summed E-state index contributed by atoms with van der Waals surface area (Å²) in [5, 5.41) is 8.65. The van der Waals surface area contributed by atoms with E-state index in [1.54, 1.807) is 7.11 Å². The molecule has 0 amide bonds. The lowest BCUT2D eigenvalue weighted by molar-refractivity contribution is 0.0797. The third-order valence-corrected chi connectivity index (χ3v) is 7.16. The van der Waals surface area contributed by atoms with E-state index in [9.17, 15) is 0 Å². The minimum absolute atomic E-state index is 0.0954. The second-order valence-corrected chi connectivity index (χ2v) is 11.0. The minimum Gasteiger partial charge on any atom is -0.425 e. The topological polar surface area (TPSA) is 54.6 Å². The maximum atomic E-state index is 6.01. The molecular formula is C25H44N4O2. The second-order valence-electron chi connectivity index (χ2n) is 11.0. The van der Waals surface area contributed by atoms with Crippen molar-refractivity contribution in [3.05, 3.63) is 23.4 Å². The van der Waals surface area contributed by atoms with Crippen LogP contribution in [-0.4, -0.2) is 73.0 Å². The number of ether oxygens (including phenoxy) is 1. The van der Waals surface area contributed by atoms with E-state index >= 15 is 0 Å². The highest BCUT2D eigenvalue weighted by Crippen LogP contribution is 2.39. The summed E-state index contributed by atoms with van der Waals surface area (Å²) in [6.45, 7) is 21.1. The number of aromatic nitrogens is 2. The van der Waals surface area contributed by atoms with Gasteiger partial charge in [-0.1, -0.05) is 46.3 Å². The average Bonchev–Trinajstić information content (AvgIpc) is 3.18. The Bertz CT molecular complexity index is 713. The molecule has 1 aliphatic carbocycles. The van der Waals surface area contributed by atoms with Gasteiger partial charge in [-0.05, 0) is 37.0 Å². The molecule has 3 rings (SSSR count). The van der Waals surface area contributed by atoms with Crippen LogP contribution in [0.5, 0.6) is 0 Å². The Kier molecular flexibility index (Phi) is 8.33. The molecule has 31 heavy (non-hydrogen) atoms. The Balaban J connectivity index is 1.61. The van der Waals surface area contributed by atoms with E-state index < -0.39 is 0 Å². The van der Waals surface area contributed by atoms with Gasteiger partial charge in [-0.15, -0.1) is 10.2 Å². The van der Waals surface area contributed by atoms with Gasteiger partial charge in [0.05, 0.1) is 6.61 Å². The standard InChI is InChI=1S/C25H44N4O2/c1-18(2)22-15-20(16-23-26-27-24(31-23)25(4,5)6)19(3)14-21(22)17-29-10-8-28(9-11-29)12-13-30-7/h14,18,20-22H,8-13,15-17H2,1-7H3. The monoisotopic (exact) mass is 432 g/mol. The van der Waals surface area contributed by atoms with Crippen LogP contribution in [0.4, 0.5) is 0 Å². The molecule has 3 atom stereocenters. The van der Waals surface area contributed by atoms with Crippen LogP contribution in [0.3, 0.4) is 0 Å². The van der Waals surface area contributed by atoms with E-state index in [0.717, 1.165) is 44.4 Å². The summed E-state index contributed by atoms with van der Waals surface area (Å²) in [5.41, 5.74) is 1.40. The number of hydrogen-bond acceptors (Lipinski definition) is 6. The van der Waals surface area contributed by atoms with Gasteiger partial charge in [-0.3, -0.25) is 4.90 Å². The molecule has 1 saturated heterocycles. The number of allylic oxidation sites excluding steroid dienone is 1. The van der Waals surface area contributed by atoms with Crippen molar-refractivity contribution in [2.24, 2.45) is 23.7 Å². The highest BCUT2D eigenvalue weighted by molar-refractivity contribution is 5.14. The molecule has 1 aromatic rings. The first kappa shape index (κ1) is 24.4. The molecule has 3 unspecified atom stereocenters. The quantitative estimate of drug-likeness (QED) is 0.578. The van der Waals surface area contributed by atoms with Crippen molar-refractivity contribution in [3.8, 4) is 0 Å². The zero-order chi connectivity index (χ0) is 22.6. The van der Waals surface area contributed by atoms with Crippen molar-refractivity contribution in [1.29, 1.82) is 0 Å². The lowest BCUT2D eigenvalue weighted by atomic mass is 9.69. The van der Waals surface area contributed by atoms with Crippen molar-refractivity contribution < 1.29 is 9.15 Å². The van der Waals surface area contributed by atoms with Gasteiger partial charge >= 0.3 is 0 Å². The van der Waals surface area contributed by atoms with Crippen LogP contribution in [-0.2, 0) is 16.6 Å². The smallest absolute Gasteiger partial charge is 0.221 e. The first-order valence-electron chi connectivity index (χ1n) is 12.1. The van der Waals surface area contributed by atoms with Gasteiger partial charge in [0.25, 0.3) is 0 Å². The fourth-order valence-electron chi connectivity index (χ4n) is 5.05. The van der Waals surface area contributed by atoms with E-state index in [1.165, 1.54) is 31.6 Å². The average molecular weight is 433 g/mol. The van der Waals surface area contributed by atoms with Crippen LogP contribution < -0.4 is 0 Å². The van der Waals surface area contributed by atoms with Crippen LogP contribution in [0.15, 0.2) is 16.1 Å². The van der Waals surface area contributed by atoms with Crippen LogP contribution >= 0.6 is 0 Å². The van der Waals surface area contributed by atoms with E-state index in [1.807, 2.05) is 0 Å². The van der Waals surface area contributed by atoms with Gasteiger partial charge in [-0.25, -0.2) is 0 Å². The van der Waals surface area contributed by atoms with Crippen LogP contribution in [0.2, 0.25) is 0 Å². The lowest BCUT2D eigenvalue weighted by Gasteiger charge is -2.41. The van der Waals surface area contributed by atoms with E-state index in [4.69, 9.17) is 9.15 Å². The molecule has 0 saturated carbocycles. The molecule has 0 aromatic carbocycles. The molecule has 2 aliphatic rings. The first-order chi connectivity index (χ1) is 14.7. The minimum atomic E-state index is -0.0954. The Morgan fingerprint density at radius 1 is 1.13 bits per heavy atom. The number of hydrogen-bond donors (Lipinski definition) is 0. The molecular weight excluding hydrogens is 388 g/mol. The first-order valence-corrected chi connectivity index (χ1v) is 12.1. The molecule has 1 aromatic heterocycles. The van der Waals surface area contributed by atoms with Crippen LogP contribution in [0.25, 0.3) is 0 Å². The number of methoxy groups -OCH3 is 1. The van der Waals surface area contributed by atoms with Gasteiger partial charge in [0, 0.05) is 58.2 Å². The van der Waals surface area contributed by atoms with Crippen LogP contribution in [0.1, 0.15) is 59.7 Å². The molecule has 176 valence electrons. The van der Waals surface area contributed by atoms with Gasteiger partial charge < -0.3 is 14.1 Å². The molecule has 2 heterocycles. The van der Waals surface area contributed by atoms with Gasteiger partial charge in [-0.2, -0.15) is 0 Å². The fourth-order valence-corrected chi connectivity index (χ4v) is 5.05. The van der Waals surface area contributed by atoms with Crippen molar-refractivity contribution in [3.63, 3.8) is 0 Å². The Labute approximate surface area is 189 Å². The highest BCUT2D eigenvalue weighted by atomic mass is 16.5. The predicted octanol–water partition coefficient (Wildman–Crippen LogP) is 4.03. The summed E-state index contributed by atoms with van der Waals surface area (Å²) in [7, 11) is 1.79. The summed E-state index contributed by atoms with van der Waals surface area (Å²) >= 11 is 0. The molecule has 1 aliphatic heterocycles. The maximum absolute atomic E-state index is 6.01. The predicted molar refractivity (Wildman–Crippen MR) is 125 cm³/mol. The summed E-state index contributed by atoms with van der Waals surface area (Å²) in [5.74, 6) is 4.04. The largest absolute Gasteiger partial charge is 0.425 e. The number of nitrogens with zero attached hydrogens (tertiary/aromatic N) is 4. The zero-order valence-electron chi connectivity index (χ0n) is 20.9.